The van der Waals surface area contributed by atoms with Crippen LogP contribution in [0.15, 0.2) is 18.2 Å². The van der Waals surface area contributed by atoms with E-state index in [0.29, 0.717) is 37.4 Å². The Bertz CT molecular complexity index is 536. The summed E-state index contributed by atoms with van der Waals surface area (Å²) in [6.45, 7) is 1.28. The second-order valence-corrected chi connectivity index (χ2v) is 4.75. The quantitative estimate of drug-likeness (QED) is 0.827. The number of carboxylic acid groups (broad SMARTS) is 1. The van der Waals surface area contributed by atoms with E-state index in [1.807, 2.05) is 0 Å². The average Bonchev–Trinajstić information content (AvgIpc) is 2.64. The zero-order valence-electron chi connectivity index (χ0n) is 11.5. The van der Waals surface area contributed by atoms with E-state index in [4.69, 9.17) is 9.84 Å². The van der Waals surface area contributed by atoms with E-state index in [1.165, 1.54) is 17.0 Å². The highest BCUT2D eigenvalue weighted by molar-refractivity contribution is 5.74. The molecule has 1 aliphatic rings. The lowest BCUT2D eigenvalue weighted by atomic mass is 10.2. The maximum absolute atomic E-state index is 13.2. The van der Waals surface area contributed by atoms with Gasteiger partial charge in [-0.15, -0.1) is 0 Å². The number of carboxylic acids is 1. The highest BCUT2D eigenvalue weighted by Gasteiger charge is 2.19. The van der Waals surface area contributed by atoms with Crippen molar-refractivity contribution in [1.82, 2.24) is 10.2 Å². The maximum atomic E-state index is 13.2. The number of halogens is 1. The number of amides is 2. The van der Waals surface area contributed by atoms with Crippen molar-refractivity contribution in [2.24, 2.45) is 0 Å². The Labute approximate surface area is 121 Å². The molecule has 1 heterocycles. The van der Waals surface area contributed by atoms with Gasteiger partial charge in [0.15, 0.2) is 0 Å². The minimum Gasteiger partial charge on any atom is -0.491 e. The van der Waals surface area contributed by atoms with Gasteiger partial charge in [-0.25, -0.2) is 9.18 Å². The molecule has 0 bridgehead atoms. The predicted molar refractivity (Wildman–Crippen MR) is 72.6 cm³/mol. The SMILES string of the molecule is O=C(O)CCCNC(=O)N1CCOc2ccc(F)cc2C1. The number of nitrogens with one attached hydrogen (secondary N) is 1. The number of hydrogen-bond acceptors (Lipinski definition) is 3. The van der Waals surface area contributed by atoms with Crippen LogP contribution in [0.25, 0.3) is 0 Å². The molecular weight excluding hydrogens is 279 g/mol. The summed E-state index contributed by atoms with van der Waals surface area (Å²) in [5, 5.41) is 11.2. The lowest BCUT2D eigenvalue weighted by molar-refractivity contribution is -0.137. The number of benzene rings is 1. The molecule has 114 valence electrons. The van der Waals surface area contributed by atoms with Crippen LogP contribution in [0, 0.1) is 5.82 Å². The standard InChI is InChI=1S/C14H17FN2O4/c15-11-3-4-12-10(8-11)9-17(6-7-21-12)14(20)16-5-1-2-13(18)19/h3-4,8H,1-2,5-7,9H2,(H,16,20)(H,18,19). The molecule has 1 aromatic carbocycles. The Morgan fingerprint density at radius 1 is 1.43 bits per heavy atom. The Hall–Kier alpha value is -2.31. The van der Waals surface area contributed by atoms with Crippen LogP contribution < -0.4 is 10.1 Å². The van der Waals surface area contributed by atoms with Gasteiger partial charge in [-0.1, -0.05) is 0 Å². The fourth-order valence-electron chi connectivity index (χ4n) is 2.08. The molecular formula is C14H17FN2O4. The van der Waals surface area contributed by atoms with Gasteiger partial charge in [0.1, 0.15) is 18.2 Å². The molecule has 6 nitrogen and oxygen atoms in total. The van der Waals surface area contributed by atoms with E-state index < -0.39 is 5.97 Å². The van der Waals surface area contributed by atoms with Crippen molar-refractivity contribution in [3.63, 3.8) is 0 Å². The molecule has 0 aliphatic carbocycles. The first-order valence-electron chi connectivity index (χ1n) is 6.72. The van der Waals surface area contributed by atoms with Crippen LogP contribution in [0.5, 0.6) is 5.75 Å². The van der Waals surface area contributed by atoms with Crippen LogP contribution in [0.1, 0.15) is 18.4 Å². The predicted octanol–water partition coefficient (Wildman–Crippen LogP) is 1.59. The maximum Gasteiger partial charge on any atom is 0.317 e. The number of hydrogen-bond donors (Lipinski definition) is 2. The number of rotatable bonds is 4. The van der Waals surface area contributed by atoms with Gasteiger partial charge in [0.2, 0.25) is 0 Å². The number of fused-ring (bicyclic) bond motifs is 1. The third kappa shape index (κ3) is 4.34. The van der Waals surface area contributed by atoms with Crippen molar-refractivity contribution < 1.29 is 23.8 Å². The number of carbonyl (C=O) groups excluding carboxylic acids is 1. The summed E-state index contributed by atoms with van der Waals surface area (Å²) in [7, 11) is 0. The lowest BCUT2D eigenvalue weighted by Crippen LogP contribution is -2.41. The minimum absolute atomic E-state index is 0.0113. The van der Waals surface area contributed by atoms with Gasteiger partial charge in [-0.2, -0.15) is 0 Å². The smallest absolute Gasteiger partial charge is 0.317 e. The Morgan fingerprint density at radius 2 is 2.24 bits per heavy atom. The van der Waals surface area contributed by atoms with E-state index in [1.54, 1.807) is 6.07 Å². The summed E-state index contributed by atoms with van der Waals surface area (Å²) in [5.41, 5.74) is 0.619. The van der Waals surface area contributed by atoms with Crippen LogP contribution in [0.3, 0.4) is 0 Å². The average molecular weight is 296 g/mol. The van der Waals surface area contributed by atoms with Gasteiger partial charge >= 0.3 is 12.0 Å². The van der Waals surface area contributed by atoms with Gasteiger partial charge < -0.3 is 20.1 Å². The fourth-order valence-corrected chi connectivity index (χ4v) is 2.08. The second-order valence-electron chi connectivity index (χ2n) is 4.75. The van der Waals surface area contributed by atoms with Gasteiger partial charge in [0.25, 0.3) is 0 Å². The third-order valence-corrected chi connectivity index (χ3v) is 3.13. The number of urea groups is 1. The molecule has 2 N–H and O–H groups in total. The summed E-state index contributed by atoms with van der Waals surface area (Å²) in [5.74, 6) is -0.685. The zero-order valence-corrected chi connectivity index (χ0v) is 11.5. The largest absolute Gasteiger partial charge is 0.491 e. The lowest BCUT2D eigenvalue weighted by Gasteiger charge is -2.20. The van der Waals surface area contributed by atoms with Gasteiger partial charge in [0, 0.05) is 18.5 Å². The Kier molecular flexibility index (Phi) is 4.97. The second kappa shape index (κ2) is 6.92. The highest BCUT2D eigenvalue weighted by atomic mass is 19.1. The van der Waals surface area contributed by atoms with E-state index >= 15 is 0 Å². The fraction of sp³-hybridized carbons (Fsp3) is 0.429. The molecule has 7 heteroatoms. The molecule has 1 aromatic rings. The molecule has 21 heavy (non-hydrogen) atoms. The van der Waals surface area contributed by atoms with Gasteiger partial charge in [-0.3, -0.25) is 4.79 Å². The van der Waals surface area contributed by atoms with Crippen LogP contribution in [-0.4, -0.2) is 41.7 Å². The van der Waals surface area contributed by atoms with Crippen molar-refractivity contribution in [3.8, 4) is 5.75 Å². The van der Waals surface area contributed by atoms with E-state index in [2.05, 4.69) is 5.32 Å². The molecule has 2 amide bonds. The molecule has 0 fully saturated rings. The molecule has 0 atom stereocenters. The normalized spacial score (nSPS) is 13.9. The van der Waals surface area contributed by atoms with Crippen molar-refractivity contribution in [1.29, 1.82) is 0 Å². The summed E-state index contributed by atoms with van der Waals surface area (Å²) in [6, 6.07) is 3.92. The number of nitrogens with zero attached hydrogens (tertiary/aromatic N) is 1. The van der Waals surface area contributed by atoms with Gasteiger partial charge in [0.05, 0.1) is 13.1 Å². The summed E-state index contributed by atoms with van der Waals surface area (Å²) >= 11 is 0. The van der Waals surface area contributed by atoms with Crippen molar-refractivity contribution >= 4 is 12.0 Å². The van der Waals surface area contributed by atoms with E-state index in [-0.39, 0.29) is 24.8 Å². The van der Waals surface area contributed by atoms with Crippen LogP contribution in [0.2, 0.25) is 0 Å². The molecule has 0 saturated carbocycles. The Morgan fingerprint density at radius 3 is 3.00 bits per heavy atom. The highest BCUT2D eigenvalue weighted by Crippen LogP contribution is 2.23. The summed E-state index contributed by atoms with van der Waals surface area (Å²) in [4.78, 5) is 23.9. The first kappa shape index (κ1) is 15.1. The first-order chi connectivity index (χ1) is 10.1. The molecule has 0 aromatic heterocycles. The Balaban J connectivity index is 1.91. The molecule has 1 aliphatic heterocycles. The molecule has 0 saturated heterocycles. The monoisotopic (exact) mass is 296 g/mol. The third-order valence-electron chi connectivity index (χ3n) is 3.13. The zero-order chi connectivity index (χ0) is 15.2. The molecule has 0 radical (unpaired) electrons. The van der Waals surface area contributed by atoms with Crippen LogP contribution in [-0.2, 0) is 11.3 Å². The topological polar surface area (TPSA) is 78.9 Å². The summed E-state index contributed by atoms with van der Waals surface area (Å²) < 4.78 is 18.7. The molecule has 0 spiro atoms. The van der Waals surface area contributed by atoms with E-state index in [9.17, 15) is 14.0 Å². The van der Waals surface area contributed by atoms with Crippen molar-refractivity contribution in [3.05, 3.63) is 29.6 Å². The van der Waals surface area contributed by atoms with Gasteiger partial charge in [-0.05, 0) is 24.6 Å². The van der Waals surface area contributed by atoms with Crippen LogP contribution in [0.4, 0.5) is 9.18 Å². The molecule has 2 rings (SSSR count). The van der Waals surface area contributed by atoms with Crippen LogP contribution >= 0.6 is 0 Å². The number of aliphatic carboxylic acids is 1. The minimum atomic E-state index is -0.892. The molecule has 0 unspecified atom stereocenters. The first-order valence-corrected chi connectivity index (χ1v) is 6.72. The van der Waals surface area contributed by atoms with Crippen molar-refractivity contribution in [2.45, 2.75) is 19.4 Å². The number of carbonyl (C=O) groups is 2. The number of ether oxygens (including phenoxy) is 1. The summed E-state index contributed by atoms with van der Waals surface area (Å²) in [6.07, 6.45) is 0.383. The van der Waals surface area contributed by atoms with Crippen molar-refractivity contribution in [2.75, 3.05) is 19.7 Å². The van der Waals surface area contributed by atoms with E-state index in [0.717, 1.165) is 0 Å².